The third kappa shape index (κ3) is 1.89. The van der Waals surface area contributed by atoms with Crippen LogP contribution < -0.4 is 9.47 Å². The molecule has 0 aliphatic rings. The van der Waals surface area contributed by atoms with Gasteiger partial charge in [-0.05, 0) is 18.2 Å². The van der Waals surface area contributed by atoms with E-state index in [0.29, 0.717) is 23.0 Å². The molecule has 1 heterocycles. The second-order valence-electron chi connectivity index (χ2n) is 3.70. The lowest BCUT2D eigenvalue weighted by atomic mass is 10.1. The van der Waals surface area contributed by atoms with E-state index in [1.54, 1.807) is 25.8 Å². The van der Waals surface area contributed by atoms with Crippen LogP contribution in [0.5, 0.6) is 11.5 Å². The first-order valence-corrected chi connectivity index (χ1v) is 5.35. The van der Waals surface area contributed by atoms with Gasteiger partial charge < -0.3 is 14.0 Å². The molecule has 0 N–H and O–H groups in total. The molecule has 0 saturated carbocycles. The molecule has 0 unspecified atom stereocenters. The first-order valence-electron chi connectivity index (χ1n) is 5.35. The van der Waals surface area contributed by atoms with Crippen molar-refractivity contribution in [3.63, 3.8) is 0 Å². The molecule has 92 valence electrons. The molecule has 0 saturated heterocycles. The number of methoxy groups -OCH3 is 2. The van der Waals surface area contributed by atoms with Crippen LogP contribution in [0.4, 0.5) is 0 Å². The van der Waals surface area contributed by atoms with E-state index in [9.17, 15) is 0 Å². The second-order valence-corrected chi connectivity index (χ2v) is 3.70. The van der Waals surface area contributed by atoms with Gasteiger partial charge in [-0.2, -0.15) is 5.26 Å². The summed E-state index contributed by atoms with van der Waals surface area (Å²) in [6, 6.07) is 7.55. The molecule has 1 aromatic carbocycles. The summed E-state index contributed by atoms with van der Waals surface area (Å²) in [5.74, 6) is 2.07. The summed E-state index contributed by atoms with van der Waals surface area (Å²) in [7, 11) is 4.99. The van der Waals surface area contributed by atoms with E-state index in [2.05, 4.69) is 11.1 Å². The molecule has 0 atom stereocenters. The van der Waals surface area contributed by atoms with Gasteiger partial charge in [-0.3, -0.25) is 0 Å². The zero-order chi connectivity index (χ0) is 13.1. The molecule has 2 aromatic rings. The van der Waals surface area contributed by atoms with E-state index in [0.717, 1.165) is 5.56 Å². The molecule has 5 heteroatoms. The first kappa shape index (κ1) is 12.0. The summed E-state index contributed by atoms with van der Waals surface area (Å²) in [6.07, 6.45) is 1.54. The summed E-state index contributed by atoms with van der Waals surface area (Å²) in [5, 5.41) is 8.94. The number of imidazole rings is 1. The van der Waals surface area contributed by atoms with Crippen LogP contribution in [-0.4, -0.2) is 23.8 Å². The van der Waals surface area contributed by atoms with Crippen molar-refractivity contribution in [3.8, 4) is 29.0 Å². The molecular formula is C13H13N3O2. The Morgan fingerprint density at radius 1 is 1.28 bits per heavy atom. The van der Waals surface area contributed by atoms with Crippen LogP contribution in [0.15, 0.2) is 24.4 Å². The van der Waals surface area contributed by atoms with E-state index < -0.39 is 0 Å². The number of rotatable bonds is 3. The molecule has 5 nitrogen and oxygen atoms in total. The Morgan fingerprint density at radius 2 is 2.06 bits per heavy atom. The standard InChI is InChI=1S/C13H13N3O2/c1-16-9(7-14)8-15-13(16)11-6-10(17-2)4-5-12(11)18-3/h4-6,8H,1-3H3. The highest BCUT2D eigenvalue weighted by atomic mass is 16.5. The lowest BCUT2D eigenvalue weighted by Gasteiger charge is -2.10. The molecule has 0 spiro atoms. The van der Waals surface area contributed by atoms with Gasteiger partial charge in [-0.25, -0.2) is 4.98 Å². The minimum atomic E-state index is 0.495. The SMILES string of the molecule is COc1ccc(OC)c(-c2ncc(C#N)n2C)c1. The Bertz CT molecular complexity index is 611. The van der Waals surface area contributed by atoms with Gasteiger partial charge in [0.05, 0.1) is 26.0 Å². The predicted molar refractivity (Wildman–Crippen MR) is 66.5 cm³/mol. The van der Waals surface area contributed by atoms with Gasteiger partial charge >= 0.3 is 0 Å². The van der Waals surface area contributed by atoms with E-state index in [1.807, 2.05) is 18.2 Å². The summed E-state index contributed by atoms with van der Waals surface area (Å²) in [6.45, 7) is 0. The number of ether oxygens (including phenoxy) is 2. The summed E-state index contributed by atoms with van der Waals surface area (Å²) < 4.78 is 12.2. The molecule has 0 bridgehead atoms. The normalized spacial score (nSPS) is 9.89. The van der Waals surface area contributed by atoms with Gasteiger partial charge in [0.15, 0.2) is 0 Å². The Kier molecular flexibility index (Phi) is 3.20. The highest BCUT2D eigenvalue weighted by molar-refractivity contribution is 5.67. The number of hydrogen-bond donors (Lipinski definition) is 0. The summed E-state index contributed by atoms with van der Waals surface area (Å²) >= 11 is 0. The lowest BCUT2D eigenvalue weighted by molar-refractivity contribution is 0.404. The predicted octanol–water partition coefficient (Wildman–Crippen LogP) is 1.98. The largest absolute Gasteiger partial charge is 0.497 e. The molecule has 0 aliphatic heterocycles. The molecule has 18 heavy (non-hydrogen) atoms. The fourth-order valence-electron chi connectivity index (χ4n) is 1.75. The lowest BCUT2D eigenvalue weighted by Crippen LogP contribution is -1.98. The Balaban J connectivity index is 2.61. The Morgan fingerprint density at radius 3 is 2.61 bits per heavy atom. The second kappa shape index (κ2) is 4.80. The van der Waals surface area contributed by atoms with Crippen LogP contribution in [0.1, 0.15) is 5.69 Å². The van der Waals surface area contributed by atoms with E-state index in [-0.39, 0.29) is 0 Å². The van der Waals surface area contributed by atoms with E-state index >= 15 is 0 Å². The van der Waals surface area contributed by atoms with Crippen molar-refractivity contribution in [2.45, 2.75) is 0 Å². The fraction of sp³-hybridized carbons (Fsp3) is 0.231. The van der Waals surface area contributed by atoms with Crippen molar-refractivity contribution in [1.82, 2.24) is 9.55 Å². The van der Waals surface area contributed by atoms with Gasteiger partial charge in [-0.15, -0.1) is 0 Å². The zero-order valence-electron chi connectivity index (χ0n) is 10.5. The van der Waals surface area contributed by atoms with Crippen molar-refractivity contribution in [3.05, 3.63) is 30.1 Å². The van der Waals surface area contributed by atoms with Crippen LogP contribution in [0, 0.1) is 11.3 Å². The number of nitriles is 1. The van der Waals surface area contributed by atoms with Crippen molar-refractivity contribution in [2.24, 2.45) is 7.05 Å². The number of benzene rings is 1. The maximum absolute atomic E-state index is 8.94. The third-order valence-corrected chi connectivity index (χ3v) is 2.75. The highest BCUT2D eigenvalue weighted by Crippen LogP contribution is 2.32. The van der Waals surface area contributed by atoms with Crippen LogP contribution in [-0.2, 0) is 7.05 Å². The van der Waals surface area contributed by atoms with Crippen molar-refractivity contribution >= 4 is 0 Å². The molecular weight excluding hydrogens is 230 g/mol. The van der Waals surface area contributed by atoms with Crippen LogP contribution in [0.2, 0.25) is 0 Å². The van der Waals surface area contributed by atoms with Gasteiger partial charge in [0.1, 0.15) is 29.1 Å². The number of hydrogen-bond acceptors (Lipinski definition) is 4. The number of nitrogens with zero attached hydrogens (tertiary/aromatic N) is 3. The third-order valence-electron chi connectivity index (χ3n) is 2.75. The smallest absolute Gasteiger partial charge is 0.144 e. The van der Waals surface area contributed by atoms with E-state index in [4.69, 9.17) is 14.7 Å². The molecule has 0 radical (unpaired) electrons. The molecule has 0 aliphatic carbocycles. The highest BCUT2D eigenvalue weighted by Gasteiger charge is 2.14. The maximum atomic E-state index is 8.94. The average Bonchev–Trinajstić information content (AvgIpc) is 2.78. The fourth-order valence-corrected chi connectivity index (χ4v) is 1.75. The number of aromatic nitrogens is 2. The van der Waals surface area contributed by atoms with Crippen molar-refractivity contribution in [1.29, 1.82) is 5.26 Å². The van der Waals surface area contributed by atoms with Gasteiger partial charge in [0.2, 0.25) is 0 Å². The zero-order valence-corrected chi connectivity index (χ0v) is 10.5. The Hall–Kier alpha value is -2.48. The maximum Gasteiger partial charge on any atom is 0.144 e. The monoisotopic (exact) mass is 243 g/mol. The topological polar surface area (TPSA) is 60.1 Å². The average molecular weight is 243 g/mol. The van der Waals surface area contributed by atoms with Gasteiger partial charge in [0.25, 0.3) is 0 Å². The Labute approximate surface area is 105 Å². The van der Waals surface area contributed by atoms with Crippen LogP contribution in [0.25, 0.3) is 11.4 Å². The molecule has 2 rings (SSSR count). The molecule has 0 fully saturated rings. The molecule has 1 aromatic heterocycles. The van der Waals surface area contributed by atoms with Crippen molar-refractivity contribution < 1.29 is 9.47 Å². The van der Waals surface area contributed by atoms with Crippen LogP contribution in [0.3, 0.4) is 0 Å². The van der Waals surface area contributed by atoms with Gasteiger partial charge in [0, 0.05) is 7.05 Å². The molecule has 0 amide bonds. The van der Waals surface area contributed by atoms with Crippen LogP contribution >= 0.6 is 0 Å². The van der Waals surface area contributed by atoms with E-state index in [1.165, 1.54) is 6.20 Å². The van der Waals surface area contributed by atoms with Gasteiger partial charge in [-0.1, -0.05) is 0 Å². The summed E-state index contributed by atoms with van der Waals surface area (Å²) in [5.41, 5.74) is 1.29. The van der Waals surface area contributed by atoms with Crippen molar-refractivity contribution in [2.75, 3.05) is 14.2 Å². The summed E-state index contributed by atoms with van der Waals surface area (Å²) in [4.78, 5) is 4.25. The minimum absolute atomic E-state index is 0.495. The minimum Gasteiger partial charge on any atom is -0.497 e. The quantitative estimate of drug-likeness (QED) is 0.827. The first-order chi connectivity index (χ1) is 8.71.